The molecule has 2 heterocycles. The van der Waals surface area contributed by atoms with Crippen LogP contribution in [0.1, 0.15) is 38.3 Å². The molecule has 1 unspecified atom stereocenters. The maximum absolute atomic E-state index is 5.64. The fraction of sp³-hybridized carbons (Fsp3) is 0.571. The third-order valence-corrected chi connectivity index (χ3v) is 3.94. The normalized spacial score (nSPS) is 20.5. The van der Waals surface area contributed by atoms with E-state index in [0.717, 1.165) is 30.5 Å². The fourth-order valence-electron chi connectivity index (χ4n) is 2.54. The SMILES string of the molecule is CCC1CCCN(c2cccc(C(N)=S)n2)CC1. The van der Waals surface area contributed by atoms with E-state index in [1.54, 1.807) is 0 Å². The molecular weight excluding hydrogens is 242 g/mol. The summed E-state index contributed by atoms with van der Waals surface area (Å²) in [5, 5.41) is 0. The molecule has 1 aromatic heterocycles. The molecule has 0 aliphatic carbocycles. The van der Waals surface area contributed by atoms with E-state index < -0.39 is 0 Å². The molecule has 1 atom stereocenters. The Hall–Kier alpha value is -1.16. The number of hydrogen-bond acceptors (Lipinski definition) is 3. The Bertz CT molecular complexity index is 419. The summed E-state index contributed by atoms with van der Waals surface area (Å²) in [6.07, 6.45) is 5.13. The Kier molecular flexibility index (Phi) is 4.53. The number of hydrogen-bond donors (Lipinski definition) is 1. The van der Waals surface area contributed by atoms with Gasteiger partial charge < -0.3 is 10.6 Å². The molecule has 4 heteroatoms. The van der Waals surface area contributed by atoms with Crippen LogP contribution in [0, 0.1) is 5.92 Å². The van der Waals surface area contributed by atoms with Crippen molar-refractivity contribution in [2.24, 2.45) is 11.7 Å². The fourth-order valence-corrected chi connectivity index (χ4v) is 2.65. The first-order chi connectivity index (χ1) is 8.70. The van der Waals surface area contributed by atoms with Crippen molar-refractivity contribution >= 4 is 23.0 Å². The van der Waals surface area contributed by atoms with E-state index in [-0.39, 0.29) is 0 Å². The molecule has 98 valence electrons. The molecule has 1 fully saturated rings. The van der Waals surface area contributed by atoms with Gasteiger partial charge in [-0.1, -0.05) is 31.6 Å². The molecule has 0 amide bonds. The van der Waals surface area contributed by atoms with E-state index in [0.29, 0.717) is 4.99 Å². The van der Waals surface area contributed by atoms with Crippen molar-refractivity contribution in [3.05, 3.63) is 23.9 Å². The number of anilines is 1. The summed E-state index contributed by atoms with van der Waals surface area (Å²) in [6.45, 7) is 4.46. The largest absolute Gasteiger partial charge is 0.388 e. The van der Waals surface area contributed by atoms with Crippen LogP contribution in [0.3, 0.4) is 0 Å². The van der Waals surface area contributed by atoms with Crippen molar-refractivity contribution in [2.45, 2.75) is 32.6 Å². The zero-order valence-corrected chi connectivity index (χ0v) is 11.7. The van der Waals surface area contributed by atoms with Gasteiger partial charge in [0.15, 0.2) is 0 Å². The zero-order chi connectivity index (χ0) is 13.0. The summed E-state index contributed by atoms with van der Waals surface area (Å²) in [7, 11) is 0. The topological polar surface area (TPSA) is 42.1 Å². The second kappa shape index (κ2) is 6.14. The van der Waals surface area contributed by atoms with Crippen molar-refractivity contribution < 1.29 is 0 Å². The first kappa shape index (κ1) is 13.3. The maximum atomic E-state index is 5.64. The lowest BCUT2D eigenvalue weighted by molar-refractivity contribution is 0.459. The first-order valence-electron chi connectivity index (χ1n) is 6.72. The highest BCUT2D eigenvalue weighted by molar-refractivity contribution is 7.80. The minimum Gasteiger partial charge on any atom is -0.388 e. The van der Waals surface area contributed by atoms with Gasteiger partial charge in [-0.15, -0.1) is 0 Å². The van der Waals surface area contributed by atoms with Gasteiger partial charge in [-0.05, 0) is 37.3 Å². The van der Waals surface area contributed by atoms with Crippen LogP contribution in [0.2, 0.25) is 0 Å². The molecule has 0 radical (unpaired) electrons. The molecule has 18 heavy (non-hydrogen) atoms. The van der Waals surface area contributed by atoms with Gasteiger partial charge in [-0.25, -0.2) is 4.98 Å². The van der Waals surface area contributed by atoms with Gasteiger partial charge in [0.05, 0.1) is 5.69 Å². The van der Waals surface area contributed by atoms with Gasteiger partial charge in [-0.2, -0.15) is 0 Å². The lowest BCUT2D eigenvalue weighted by Crippen LogP contribution is -2.26. The second-order valence-electron chi connectivity index (χ2n) is 4.94. The highest BCUT2D eigenvalue weighted by Gasteiger charge is 2.17. The van der Waals surface area contributed by atoms with Crippen LogP contribution in [0.5, 0.6) is 0 Å². The number of aromatic nitrogens is 1. The smallest absolute Gasteiger partial charge is 0.129 e. The molecule has 2 N–H and O–H groups in total. The van der Waals surface area contributed by atoms with Gasteiger partial charge >= 0.3 is 0 Å². The molecule has 0 saturated carbocycles. The van der Waals surface area contributed by atoms with E-state index in [4.69, 9.17) is 18.0 Å². The summed E-state index contributed by atoms with van der Waals surface area (Å²) in [4.78, 5) is 7.28. The Labute approximate surface area is 114 Å². The summed E-state index contributed by atoms with van der Waals surface area (Å²) in [6, 6.07) is 5.91. The molecule has 1 aliphatic rings. The molecule has 1 aromatic rings. The molecule has 2 rings (SSSR count). The van der Waals surface area contributed by atoms with Gasteiger partial charge in [0.25, 0.3) is 0 Å². The summed E-state index contributed by atoms with van der Waals surface area (Å²) < 4.78 is 0. The Morgan fingerprint density at radius 2 is 2.28 bits per heavy atom. The third-order valence-electron chi connectivity index (χ3n) is 3.74. The number of pyridine rings is 1. The van der Waals surface area contributed by atoms with Crippen LogP contribution in [0.25, 0.3) is 0 Å². The third kappa shape index (κ3) is 3.19. The highest BCUT2D eigenvalue weighted by atomic mass is 32.1. The molecule has 1 aliphatic heterocycles. The van der Waals surface area contributed by atoms with Crippen LogP contribution in [0.4, 0.5) is 5.82 Å². The molecule has 0 spiro atoms. The molecule has 3 nitrogen and oxygen atoms in total. The highest BCUT2D eigenvalue weighted by Crippen LogP contribution is 2.23. The van der Waals surface area contributed by atoms with Crippen molar-refractivity contribution in [1.29, 1.82) is 0 Å². The second-order valence-corrected chi connectivity index (χ2v) is 5.38. The Morgan fingerprint density at radius 1 is 1.44 bits per heavy atom. The van der Waals surface area contributed by atoms with Crippen molar-refractivity contribution in [2.75, 3.05) is 18.0 Å². The average Bonchev–Trinajstić information content (AvgIpc) is 2.64. The summed E-state index contributed by atoms with van der Waals surface area (Å²) in [5.74, 6) is 1.88. The van der Waals surface area contributed by atoms with Gasteiger partial charge in [0.2, 0.25) is 0 Å². The van der Waals surface area contributed by atoms with Crippen LogP contribution in [-0.4, -0.2) is 23.1 Å². The minimum absolute atomic E-state index is 0.373. The van der Waals surface area contributed by atoms with E-state index in [1.807, 2.05) is 18.2 Å². The zero-order valence-electron chi connectivity index (χ0n) is 10.9. The summed E-state index contributed by atoms with van der Waals surface area (Å²) >= 11 is 4.98. The van der Waals surface area contributed by atoms with Gasteiger partial charge in [0, 0.05) is 13.1 Å². The lowest BCUT2D eigenvalue weighted by atomic mass is 9.98. The van der Waals surface area contributed by atoms with Gasteiger partial charge in [0.1, 0.15) is 10.8 Å². The van der Waals surface area contributed by atoms with E-state index in [1.165, 1.54) is 25.7 Å². The van der Waals surface area contributed by atoms with E-state index in [9.17, 15) is 0 Å². The standard InChI is InChI=1S/C14H21N3S/c1-2-11-5-4-9-17(10-8-11)13-7-3-6-12(16-13)14(15)18/h3,6-7,11H,2,4-5,8-10H2,1H3,(H2,15,18). The molecule has 0 bridgehead atoms. The Morgan fingerprint density at radius 3 is 3.00 bits per heavy atom. The average molecular weight is 263 g/mol. The van der Waals surface area contributed by atoms with E-state index in [2.05, 4.69) is 16.8 Å². The number of thiocarbonyl (C=S) groups is 1. The van der Waals surface area contributed by atoms with Crippen molar-refractivity contribution in [3.63, 3.8) is 0 Å². The predicted molar refractivity (Wildman–Crippen MR) is 80.0 cm³/mol. The monoisotopic (exact) mass is 263 g/mol. The molecule has 1 saturated heterocycles. The molecular formula is C14H21N3S. The minimum atomic E-state index is 0.373. The number of nitrogens with zero attached hydrogens (tertiary/aromatic N) is 2. The van der Waals surface area contributed by atoms with Crippen LogP contribution in [0.15, 0.2) is 18.2 Å². The van der Waals surface area contributed by atoms with Crippen LogP contribution in [-0.2, 0) is 0 Å². The predicted octanol–water partition coefficient (Wildman–Crippen LogP) is 2.73. The number of nitrogens with two attached hydrogens (primary N) is 1. The maximum Gasteiger partial charge on any atom is 0.129 e. The Balaban J connectivity index is 2.11. The van der Waals surface area contributed by atoms with Crippen molar-refractivity contribution in [1.82, 2.24) is 4.98 Å². The lowest BCUT2D eigenvalue weighted by Gasteiger charge is -2.22. The van der Waals surface area contributed by atoms with Crippen LogP contribution >= 0.6 is 12.2 Å². The van der Waals surface area contributed by atoms with Gasteiger partial charge in [-0.3, -0.25) is 0 Å². The van der Waals surface area contributed by atoms with E-state index >= 15 is 0 Å². The number of rotatable bonds is 3. The van der Waals surface area contributed by atoms with Crippen LogP contribution < -0.4 is 10.6 Å². The summed E-state index contributed by atoms with van der Waals surface area (Å²) in [5.41, 5.74) is 6.36. The quantitative estimate of drug-likeness (QED) is 0.852. The molecule has 0 aromatic carbocycles. The van der Waals surface area contributed by atoms with Crippen molar-refractivity contribution in [3.8, 4) is 0 Å². The first-order valence-corrected chi connectivity index (χ1v) is 7.13.